The number of hydrogen-bond donors (Lipinski definition) is 0. The van der Waals surface area contributed by atoms with Gasteiger partial charge in [-0.15, -0.1) is 16.8 Å². The zero-order valence-corrected chi connectivity index (χ0v) is 20.9. The Hall–Kier alpha value is -3.55. The number of halogens is 1. The lowest BCUT2D eigenvalue weighted by atomic mass is 10.1. The van der Waals surface area contributed by atoms with E-state index < -0.39 is 0 Å². The van der Waals surface area contributed by atoms with Crippen LogP contribution in [0.2, 0.25) is 5.02 Å². The minimum Gasteiger partial charge on any atom is -0.340 e. The van der Waals surface area contributed by atoms with E-state index >= 15 is 0 Å². The molecule has 0 saturated carbocycles. The highest BCUT2D eigenvalue weighted by Crippen LogP contribution is 2.37. The van der Waals surface area contributed by atoms with E-state index in [-0.39, 0.29) is 5.91 Å². The van der Waals surface area contributed by atoms with Gasteiger partial charge >= 0.3 is 0 Å². The zero-order chi connectivity index (χ0) is 24.9. The summed E-state index contributed by atoms with van der Waals surface area (Å²) < 4.78 is 1.88. The SMILES string of the molecule is C=CCCCC(=O)N1CCN(Cn2nc(-c3ccccc3)c3c(Cl)c(-c4ccccc4)nnc32)CC1. The van der Waals surface area contributed by atoms with Crippen LogP contribution in [0.3, 0.4) is 0 Å². The molecule has 1 aliphatic heterocycles. The Balaban J connectivity index is 1.42. The molecule has 3 heterocycles. The molecule has 0 aliphatic carbocycles. The van der Waals surface area contributed by atoms with Gasteiger partial charge in [-0.1, -0.05) is 78.3 Å². The normalized spacial score (nSPS) is 14.3. The smallest absolute Gasteiger partial charge is 0.222 e. The zero-order valence-electron chi connectivity index (χ0n) is 20.2. The maximum atomic E-state index is 12.5. The van der Waals surface area contributed by atoms with Crippen molar-refractivity contribution in [3.63, 3.8) is 0 Å². The third kappa shape index (κ3) is 5.03. The van der Waals surface area contributed by atoms with E-state index in [1.54, 1.807) is 0 Å². The number of fused-ring (bicyclic) bond motifs is 1. The molecule has 4 aromatic rings. The van der Waals surface area contributed by atoms with E-state index in [1.807, 2.05) is 76.3 Å². The number of aromatic nitrogens is 4. The summed E-state index contributed by atoms with van der Waals surface area (Å²) in [6, 6.07) is 19.9. The van der Waals surface area contributed by atoms with E-state index in [0.717, 1.165) is 48.1 Å². The summed E-state index contributed by atoms with van der Waals surface area (Å²) in [5, 5.41) is 15.4. The maximum absolute atomic E-state index is 12.5. The van der Waals surface area contributed by atoms with Gasteiger partial charge in [0.2, 0.25) is 5.91 Å². The number of allylic oxidation sites excluding steroid dienone is 1. The number of carbonyl (C=O) groups is 1. The molecule has 0 N–H and O–H groups in total. The highest BCUT2D eigenvalue weighted by atomic mass is 35.5. The summed E-state index contributed by atoms with van der Waals surface area (Å²) in [7, 11) is 0. The molecular weight excluding hydrogens is 472 g/mol. The van der Waals surface area contributed by atoms with Gasteiger partial charge in [0.05, 0.1) is 17.1 Å². The van der Waals surface area contributed by atoms with Gasteiger partial charge in [-0.2, -0.15) is 5.10 Å². The summed E-state index contributed by atoms with van der Waals surface area (Å²) in [5.41, 5.74) is 3.98. The first-order valence-corrected chi connectivity index (χ1v) is 12.7. The Kier molecular flexibility index (Phi) is 7.39. The van der Waals surface area contributed by atoms with Crippen LogP contribution >= 0.6 is 11.6 Å². The average molecular weight is 501 g/mol. The quantitative estimate of drug-likeness (QED) is 0.243. The van der Waals surface area contributed by atoms with Gasteiger partial charge in [0, 0.05) is 43.7 Å². The van der Waals surface area contributed by atoms with Crippen LogP contribution in [0.4, 0.5) is 0 Å². The summed E-state index contributed by atoms with van der Waals surface area (Å²) in [4.78, 5) is 16.7. The topological polar surface area (TPSA) is 67.2 Å². The molecule has 1 amide bonds. The van der Waals surface area contributed by atoms with Gasteiger partial charge in [0.15, 0.2) is 5.65 Å². The third-order valence-corrected chi connectivity index (χ3v) is 6.92. The van der Waals surface area contributed by atoms with E-state index in [9.17, 15) is 4.79 Å². The average Bonchev–Trinajstić information content (AvgIpc) is 3.29. The fourth-order valence-electron chi connectivity index (χ4n) is 4.58. The molecule has 5 rings (SSSR count). The molecule has 1 fully saturated rings. The Morgan fingerprint density at radius 2 is 1.56 bits per heavy atom. The van der Waals surface area contributed by atoms with Crippen molar-refractivity contribution >= 4 is 28.5 Å². The van der Waals surface area contributed by atoms with Crippen molar-refractivity contribution in [3.8, 4) is 22.5 Å². The lowest BCUT2D eigenvalue weighted by molar-refractivity contribution is -0.133. The highest BCUT2D eigenvalue weighted by Gasteiger charge is 2.24. The van der Waals surface area contributed by atoms with E-state index in [0.29, 0.717) is 42.5 Å². The number of hydrogen-bond acceptors (Lipinski definition) is 5. The Bertz CT molecular complexity index is 1350. The largest absolute Gasteiger partial charge is 0.340 e. The first-order chi connectivity index (χ1) is 17.7. The molecule has 36 heavy (non-hydrogen) atoms. The molecule has 0 bridgehead atoms. The number of amides is 1. The number of carbonyl (C=O) groups excluding carboxylic acids is 1. The lowest BCUT2D eigenvalue weighted by Crippen LogP contribution is -2.49. The second-order valence-corrected chi connectivity index (χ2v) is 9.34. The van der Waals surface area contributed by atoms with Gasteiger partial charge in [0.25, 0.3) is 0 Å². The van der Waals surface area contributed by atoms with Crippen LogP contribution in [0, 0.1) is 0 Å². The summed E-state index contributed by atoms with van der Waals surface area (Å²) in [5.74, 6) is 0.221. The van der Waals surface area contributed by atoms with Gasteiger partial charge in [-0.3, -0.25) is 9.69 Å². The van der Waals surface area contributed by atoms with Gasteiger partial charge in [-0.05, 0) is 12.8 Å². The number of benzene rings is 2. The molecule has 0 radical (unpaired) electrons. The van der Waals surface area contributed by atoms with Crippen molar-refractivity contribution in [2.75, 3.05) is 26.2 Å². The van der Waals surface area contributed by atoms with Crippen LogP contribution in [0.1, 0.15) is 19.3 Å². The third-order valence-electron chi connectivity index (χ3n) is 6.55. The standard InChI is InChI=1S/C28H29ClN6O/c1-2-3-6-15-23(36)34-18-16-33(17-19-34)20-35-28-24(26(32-35)21-11-7-4-8-12-21)25(29)27(30-31-28)22-13-9-5-10-14-22/h2,4-5,7-14H,1,3,6,15-20H2. The van der Waals surface area contributed by atoms with Gasteiger partial charge in [0.1, 0.15) is 11.4 Å². The van der Waals surface area contributed by atoms with Crippen molar-refractivity contribution in [1.29, 1.82) is 0 Å². The molecule has 184 valence electrons. The van der Waals surface area contributed by atoms with Crippen molar-refractivity contribution in [1.82, 2.24) is 29.8 Å². The molecule has 8 heteroatoms. The van der Waals surface area contributed by atoms with Crippen molar-refractivity contribution in [2.24, 2.45) is 0 Å². The lowest BCUT2D eigenvalue weighted by Gasteiger charge is -2.34. The predicted octanol–water partition coefficient (Wildman–Crippen LogP) is 5.27. The van der Waals surface area contributed by atoms with E-state index in [2.05, 4.69) is 21.7 Å². The number of piperazine rings is 1. The van der Waals surface area contributed by atoms with Crippen LogP contribution in [-0.2, 0) is 11.5 Å². The number of unbranched alkanes of at least 4 members (excludes halogenated alkanes) is 1. The molecule has 2 aromatic carbocycles. The summed E-state index contributed by atoms with van der Waals surface area (Å²) in [6.45, 7) is 7.26. The van der Waals surface area contributed by atoms with Crippen LogP contribution in [-0.4, -0.2) is 61.9 Å². The second-order valence-electron chi connectivity index (χ2n) is 8.96. The fourth-order valence-corrected chi connectivity index (χ4v) is 4.90. The molecule has 1 aliphatic rings. The van der Waals surface area contributed by atoms with Crippen LogP contribution in [0.25, 0.3) is 33.5 Å². The minimum absolute atomic E-state index is 0.221. The van der Waals surface area contributed by atoms with Crippen LogP contribution < -0.4 is 0 Å². The first-order valence-electron chi connectivity index (χ1n) is 12.3. The Morgan fingerprint density at radius 1 is 0.917 bits per heavy atom. The second kappa shape index (κ2) is 11.0. The van der Waals surface area contributed by atoms with E-state index in [1.165, 1.54) is 0 Å². The summed E-state index contributed by atoms with van der Waals surface area (Å²) >= 11 is 6.97. The maximum Gasteiger partial charge on any atom is 0.222 e. The van der Waals surface area contributed by atoms with Crippen molar-refractivity contribution < 1.29 is 4.79 Å². The van der Waals surface area contributed by atoms with Crippen LogP contribution in [0.15, 0.2) is 73.3 Å². The van der Waals surface area contributed by atoms with E-state index in [4.69, 9.17) is 16.7 Å². The van der Waals surface area contributed by atoms with Crippen molar-refractivity contribution in [3.05, 3.63) is 78.3 Å². The fraction of sp³-hybridized carbons (Fsp3) is 0.286. The molecule has 2 aromatic heterocycles. The molecule has 0 unspecified atom stereocenters. The molecular formula is C28H29ClN6O. The molecule has 1 saturated heterocycles. The van der Waals surface area contributed by atoms with Gasteiger partial charge < -0.3 is 4.90 Å². The predicted molar refractivity (Wildman–Crippen MR) is 143 cm³/mol. The Morgan fingerprint density at radius 3 is 2.19 bits per heavy atom. The van der Waals surface area contributed by atoms with Gasteiger partial charge in [-0.25, -0.2) is 4.68 Å². The summed E-state index contributed by atoms with van der Waals surface area (Å²) in [6.07, 6.45) is 4.17. The minimum atomic E-state index is 0.221. The highest BCUT2D eigenvalue weighted by molar-refractivity contribution is 6.38. The number of nitrogens with zero attached hydrogens (tertiary/aromatic N) is 6. The molecule has 7 nitrogen and oxygen atoms in total. The Labute approximate surface area is 216 Å². The van der Waals surface area contributed by atoms with Crippen LogP contribution in [0.5, 0.6) is 0 Å². The molecule has 0 spiro atoms. The van der Waals surface area contributed by atoms with Crippen molar-refractivity contribution in [2.45, 2.75) is 25.9 Å². The number of rotatable bonds is 8. The monoisotopic (exact) mass is 500 g/mol. The first kappa shape index (κ1) is 24.2. The molecule has 0 atom stereocenters.